The van der Waals surface area contributed by atoms with Crippen LogP contribution in [0.3, 0.4) is 0 Å². The third-order valence-electron chi connectivity index (χ3n) is 4.28. The molecule has 1 heterocycles. The lowest BCUT2D eigenvalue weighted by molar-refractivity contribution is -0.0501. The van der Waals surface area contributed by atoms with Crippen molar-refractivity contribution in [3.8, 4) is 28.5 Å². The Hall–Kier alpha value is -3.26. The summed E-state index contributed by atoms with van der Waals surface area (Å²) >= 11 is 0. The summed E-state index contributed by atoms with van der Waals surface area (Å²) in [7, 11) is 5.92. The minimum atomic E-state index is -3.03. The Kier molecular flexibility index (Phi) is 6.23. The quantitative estimate of drug-likeness (QED) is 0.525. The van der Waals surface area contributed by atoms with Gasteiger partial charge in [-0.25, -0.2) is 4.98 Å². The van der Waals surface area contributed by atoms with Crippen molar-refractivity contribution < 1.29 is 23.0 Å². The van der Waals surface area contributed by atoms with E-state index in [9.17, 15) is 13.6 Å². The van der Waals surface area contributed by atoms with Gasteiger partial charge in [0, 0.05) is 12.6 Å². The summed E-state index contributed by atoms with van der Waals surface area (Å²) < 4.78 is 37.1. The number of alkyl halides is 2. The Morgan fingerprint density at radius 1 is 1.14 bits per heavy atom. The van der Waals surface area contributed by atoms with Crippen LogP contribution >= 0.6 is 0 Å². The van der Waals surface area contributed by atoms with Gasteiger partial charge >= 0.3 is 6.61 Å². The van der Waals surface area contributed by atoms with Gasteiger partial charge < -0.3 is 18.9 Å². The molecule has 1 aromatic heterocycles. The molecular formula is C21H21F2N3O3. The second kappa shape index (κ2) is 8.83. The predicted molar refractivity (Wildman–Crippen MR) is 105 cm³/mol. The molecule has 2 aromatic carbocycles. The summed E-state index contributed by atoms with van der Waals surface area (Å²) in [6, 6.07) is 11.5. The van der Waals surface area contributed by atoms with E-state index in [1.807, 2.05) is 48.9 Å². The molecule has 0 aliphatic heterocycles. The number of nitrogens with zero attached hydrogens (tertiary/aromatic N) is 3. The Labute approximate surface area is 167 Å². The number of ether oxygens (including phenoxy) is 2. The van der Waals surface area contributed by atoms with E-state index in [-0.39, 0.29) is 17.1 Å². The first-order valence-electron chi connectivity index (χ1n) is 8.85. The van der Waals surface area contributed by atoms with Crippen LogP contribution in [0.15, 0.2) is 48.7 Å². The van der Waals surface area contributed by atoms with Gasteiger partial charge in [-0.05, 0) is 50.5 Å². The first-order valence-corrected chi connectivity index (χ1v) is 8.85. The molecule has 3 aromatic rings. The Bertz CT molecular complexity index is 985. The first-order chi connectivity index (χ1) is 13.9. The molecule has 0 bridgehead atoms. The summed E-state index contributed by atoms with van der Waals surface area (Å²) in [5.41, 5.74) is 1.83. The van der Waals surface area contributed by atoms with Crippen LogP contribution in [0.1, 0.15) is 16.2 Å². The largest absolute Gasteiger partial charge is 0.456 e. The summed E-state index contributed by atoms with van der Waals surface area (Å²) in [5.74, 6) is 1.31. The molecule has 0 atom stereocenters. The van der Waals surface area contributed by atoms with Gasteiger partial charge in [0.05, 0.1) is 24.0 Å². The number of benzene rings is 2. The lowest BCUT2D eigenvalue weighted by atomic mass is 10.1. The molecule has 0 saturated carbocycles. The SMILES string of the molecule is CN(C)Cc1ncc(-c2ccc(Oc3cccc(OC(F)F)c3C=O)cc2)n1C. The number of imidazole rings is 1. The van der Waals surface area contributed by atoms with Crippen LogP contribution in [0.5, 0.6) is 17.2 Å². The minimum Gasteiger partial charge on any atom is -0.456 e. The highest BCUT2D eigenvalue weighted by atomic mass is 19.3. The van der Waals surface area contributed by atoms with Crippen LogP contribution in [0.4, 0.5) is 8.78 Å². The van der Waals surface area contributed by atoms with Gasteiger partial charge in [-0.15, -0.1) is 0 Å². The van der Waals surface area contributed by atoms with Crippen molar-refractivity contribution >= 4 is 6.29 Å². The molecule has 29 heavy (non-hydrogen) atoms. The van der Waals surface area contributed by atoms with Crippen molar-refractivity contribution in [2.45, 2.75) is 13.2 Å². The standard InChI is InChI=1S/C21H21F2N3O3/c1-25(2)12-20-24-11-17(26(20)3)14-7-9-15(10-8-14)28-18-5-4-6-19(16(18)13-27)29-21(22)23/h4-11,13,21H,12H2,1-3H3. The lowest BCUT2D eigenvalue weighted by Crippen LogP contribution is -2.14. The van der Waals surface area contributed by atoms with Crippen LogP contribution < -0.4 is 9.47 Å². The molecule has 0 saturated heterocycles. The first kappa shape index (κ1) is 20.5. The third kappa shape index (κ3) is 4.78. The number of carbonyl (C=O) groups is 1. The van der Waals surface area contributed by atoms with Crippen molar-refractivity contribution in [2.75, 3.05) is 14.1 Å². The maximum absolute atomic E-state index is 12.5. The molecule has 0 spiro atoms. The van der Waals surface area contributed by atoms with Gasteiger partial charge in [0.25, 0.3) is 0 Å². The van der Waals surface area contributed by atoms with E-state index in [0.29, 0.717) is 12.0 Å². The molecule has 0 aliphatic rings. The van der Waals surface area contributed by atoms with Gasteiger partial charge in [-0.1, -0.05) is 6.07 Å². The molecule has 6 nitrogen and oxygen atoms in total. The molecule has 0 aliphatic carbocycles. The summed E-state index contributed by atoms with van der Waals surface area (Å²) in [6.07, 6.45) is 2.24. The number of halogens is 2. The topological polar surface area (TPSA) is 56.6 Å². The predicted octanol–water partition coefficient (Wildman–Crippen LogP) is 4.35. The van der Waals surface area contributed by atoms with E-state index in [1.54, 1.807) is 12.1 Å². The maximum Gasteiger partial charge on any atom is 0.387 e. The van der Waals surface area contributed by atoms with E-state index in [4.69, 9.17) is 4.74 Å². The molecular weight excluding hydrogens is 380 g/mol. The fourth-order valence-electron chi connectivity index (χ4n) is 2.89. The molecule has 0 radical (unpaired) electrons. The van der Waals surface area contributed by atoms with Crippen molar-refractivity contribution in [2.24, 2.45) is 7.05 Å². The van der Waals surface area contributed by atoms with Crippen LogP contribution in [-0.2, 0) is 13.6 Å². The van der Waals surface area contributed by atoms with E-state index in [0.717, 1.165) is 23.6 Å². The third-order valence-corrected chi connectivity index (χ3v) is 4.28. The number of rotatable bonds is 8. The Balaban J connectivity index is 1.82. The van der Waals surface area contributed by atoms with Crippen molar-refractivity contribution in [3.63, 3.8) is 0 Å². The van der Waals surface area contributed by atoms with Crippen LogP contribution in [0.2, 0.25) is 0 Å². The minimum absolute atomic E-state index is 0.0724. The highest BCUT2D eigenvalue weighted by Crippen LogP contribution is 2.32. The average molecular weight is 401 g/mol. The lowest BCUT2D eigenvalue weighted by Gasteiger charge is -2.13. The molecule has 3 rings (SSSR count). The van der Waals surface area contributed by atoms with Gasteiger partial charge in [0.2, 0.25) is 0 Å². The van der Waals surface area contributed by atoms with Crippen LogP contribution in [0.25, 0.3) is 11.3 Å². The zero-order valence-electron chi connectivity index (χ0n) is 16.3. The molecule has 0 fully saturated rings. The number of carbonyl (C=O) groups excluding carboxylic acids is 1. The molecule has 152 valence electrons. The number of hydrogen-bond acceptors (Lipinski definition) is 5. The summed E-state index contributed by atoms with van der Waals surface area (Å²) in [5, 5.41) is 0. The normalized spacial score (nSPS) is 11.1. The van der Waals surface area contributed by atoms with E-state index >= 15 is 0 Å². The van der Waals surface area contributed by atoms with Gasteiger partial charge in [-0.3, -0.25) is 4.79 Å². The van der Waals surface area contributed by atoms with E-state index in [2.05, 4.69) is 9.72 Å². The molecule has 8 heteroatoms. The zero-order chi connectivity index (χ0) is 21.0. The number of aldehydes is 1. The fraction of sp³-hybridized carbons (Fsp3) is 0.238. The smallest absolute Gasteiger partial charge is 0.387 e. The summed E-state index contributed by atoms with van der Waals surface area (Å²) in [4.78, 5) is 17.9. The van der Waals surface area contributed by atoms with Crippen LogP contribution in [-0.4, -0.2) is 41.4 Å². The molecule has 0 amide bonds. The molecule has 0 N–H and O–H groups in total. The average Bonchev–Trinajstić information content (AvgIpc) is 3.02. The zero-order valence-corrected chi connectivity index (χ0v) is 16.3. The highest BCUT2D eigenvalue weighted by Gasteiger charge is 2.15. The van der Waals surface area contributed by atoms with E-state index < -0.39 is 6.61 Å². The van der Waals surface area contributed by atoms with Gasteiger partial charge in [-0.2, -0.15) is 8.78 Å². The van der Waals surface area contributed by atoms with Crippen molar-refractivity contribution in [1.82, 2.24) is 14.5 Å². The Morgan fingerprint density at radius 2 is 1.83 bits per heavy atom. The summed E-state index contributed by atoms with van der Waals surface area (Å²) in [6.45, 7) is -2.30. The van der Waals surface area contributed by atoms with Gasteiger partial charge in [0.15, 0.2) is 6.29 Å². The Morgan fingerprint density at radius 3 is 2.45 bits per heavy atom. The second-order valence-corrected chi connectivity index (χ2v) is 6.65. The second-order valence-electron chi connectivity index (χ2n) is 6.65. The highest BCUT2D eigenvalue weighted by molar-refractivity contribution is 5.83. The van der Waals surface area contributed by atoms with Gasteiger partial charge in [0.1, 0.15) is 23.1 Å². The fourth-order valence-corrected chi connectivity index (χ4v) is 2.89. The van der Waals surface area contributed by atoms with Crippen molar-refractivity contribution in [3.05, 3.63) is 60.0 Å². The monoisotopic (exact) mass is 401 g/mol. The number of hydrogen-bond donors (Lipinski definition) is 0. The number of aromatic nitrogens is 2. The van der Waals surface area contributed by atoms with Crippen LogP contribution in [0, 0.1) is 0 Å². The maximum atomic E-state index is 12.5. The van der Waals surface area contributed by atoms with E-state index in [1.165, 1.54) is 18.2 Å². The van der Waals surface area contributed by atoms with Crippen molar-refractivity contribution in [1.29, 1.82) is 0 Å². The molecule has 0 unspecified atom stereocenters.